The summed E-state index contributed by atoms with van der Waals surface area (Å²) in [7, 11) is 1.55. The molecule has 0 aliphatic rings. The van der Waals surface area contributed by atoms with Gasteiger partial charge in [0, 0.05) is 5.69 Å². The van der Waals surface area contributed by atoms with Gasteiger partial charge in [-0.3, -0.25) is 4.79 Å². The van der Waals surface area contributed by atoms with E-state index in [1.165, 1.54) is 6.08 Å². The van der Waals surface area contributed by atoms with Crippen molar-refractivity contribution < 1.29 is 14.3 Å². The van der Waals surface area contributed by atoms with Gasteiger partial charge in [-0.15, -0.1) is 0 Å². The molecule has 1 N–H and O–H groups in total. The Hall–Kier alpha value is -3.26. The van der Waals surface area contributed by atoms with E-state index >= 15 is 0 Å². The van der Waals surface area contributed by atoms with Crippen LogP contribution in [-0.4, -0.2) is 19.6 Å². The first-order chi connectivity index (χ1) is 12.5. The number of hydrogen-bond donors (Lipinski definition) is 1. The number of anilines is 1. The Labute approximate surface area is 153 Å². The maximum atomic E-state index is 12.5. The first kappa shape index (κ1) is 19.1. The van der Waals surface area contributed by atoms with Crippen molar-refractivity contribution in [3.63, 3.8) is 0 Å². The van der Waals surface area contributed by atoms with E-state index in [9.17, 15) is 10.1 Å². The number of methoxy groups -OCH3 is 1. The van der Waals surface area contributed by atoms with E-state index < -0.39 is 5.91 Å². The van der Waals surface area contributed by atoms with Crippen LogP contribution in [-0.2, 0) is 4.79 Å². The fourth-order valence-corrected chi connectivity index (χ4v) is 2.44. The number of carbonyl (C=O) groups excluding carboxylic acids is 1. The molecular weight excluding hydrogens is 328 g/mol. The minimum absolute atomic E-state index is 0.0112. The molecule has 0 unspecified atom stereocenters. The number of ether oxygens (including phenoxy) is 2. The average molecular weight is 350 g/mol. The average Bonchev–Trinajstić information content (AvgIpc) is 2.64. The Morgan fingerprint density at radius 2 is 2.00 bits per heavy atom. The number of nitrogens with zero attached hydrogens (tertiary/aromatic N) is 1. The second-order valence-electron chi connectivity index (χ2n) is 5.71. The fourth-order valence-electron chi connectivity index (χ4n) is 2.44. The van der Waals surface area contributed by atoms with Crippen LogP contribution in [0.3, 0.4) is 0 Å². The first-order valence-corrected chi connectivity index (χ1v) is 8.30. The standard InChI is InChI=1S/C21H22N2O3/c1-5-26-19-10-9-16(12-20(19)25-4)11-17(13-22)21(24)23-18-8-6-7-14(2)15(18)3/h6-12H,5H2,1-4H3,(H,23,24)/b17-11-. The molecule has 0 aromatic heterocycles. The van der Waals surface area contributed by atoms with E-state index in [-0.39, 0.29) is 5.57 Å². The second-order valence-corrected chi connectivity index (χ2v) is 5.71. The quantitative estimate of drug-likeness (QED) is 0.624. The number of hydrogen-bond acceptors (Lipinski definition) is 4. The number of rotatable bonds is 6. The van der Waals surface area contributed by atoms with Crippen LogP contribution in [0.5, 0.6) is 11.5 Å². The topological polar surface area (TPSA) is 71.3 Å². The molecule has 0 bridgehead atoms. The van der Waals surface area contributed by atoms with Crippen LogP contribution in [0.2, 0.25) is 0 Å². The van der Waals surface area contributed by atoms with Crippen molar-refractivity contribution in [2.45, 2.75) is 20.8 Å². The smallest absolute Gasteiger partial charge is 0.266 e. The highest BCUT2D eigenvalue weighted by Gasteiger charge is 2.12. The Balaban J connectivity index is 2.28. The van der Waals surface area contributed by atoms with Gasteiger partial charge in [0.05, 0.1) is 13.7 Å². The summed E-state index contributed by atoms with van der Waals surface area (Å²) >= 11 is 0. The predicted octanol–water partition coefficient (Wildman–Crippen LogP) is 4.26. The molecule has 0 heterocycles. The molecule has 0 aliphatic heterocycles. The van der Waals surface area contributed by atoms with Crippen LogP contribution in [0, 0.1) is 25.2 Å². The number of carbonyl (C=O) groups is 1. The highest BCUT2D eigenvalue weighted by Crippen LogP contribution is 2.29. The van der Waals surface area contributed by atoms with Crippen molar-refractivity contribution in [3.05, 3.63) is 58.7 Å². The molecule has 5 nitrogen and oxygen atoms in total. The summed E-state index contributed by atoms with van der Waals surface area (Å²) in [6.07, 6.45) is 1.53. The van der Waals surface area contributed by atoms with Crippen molar-refractivity contribution in [1.82, 2.24) is 0 Å². The number of aryl methyl sites for hydroxylation is 1. The number of benzene rings is 2. The lowest BCUT2D eigenvalue weighted by Crippen LogP contribution is -2.14. The molecule has 0 aliphatic carbocycles. The minimum Gasteiger partial charge on any atom is -0.493 e. The zero-order valence-corrected chi connectivity index (χ0v) is 15.4. The van der Waals surface area contributed by atoms with Crippen LogP contribution >= 0.6 is 0 Å². The number of nitrogens with one attached hydrogen (secondary N) is 1. The lowest BCUT2D eigenvalue weighted by molar-refractivity contribution is -0.112. The highest BCUT2D eigenvalue weighted by molar-refractivity contribution is 6.10. The molecule has 0 atom stereocenters. The van der Waals surface area contributed by atoms with Crippen molar-refractivity contribution in [1.29, 1.82) is 5.26 Å². The summed E-state index contributed by atoms with van der Waals surface area (Å²) in [6.45, 7) is 6.31. The molecule has 2 rings (SSSR count). The van der Waals surface area contributed by atoms with Crippen LogP contribution in [0.15, 0.2) is 42.0 Å². The molecule has 5 heteroatoms. The van der Waals surface area contributed by atoms with Gasteiger partial charge in [0.15, 0.2) is 11.5 Å². The second kappa shape index (κ2) is 8.72. The van der Waals surface area contributed by atoms with Gasteiger partial charge in [0.25, 0.3) is 5.91 Å². The molecule has 2 aromatic rings. The molecule has 134 valence electrons. The van der Waals surface area contributed by atoms with Gasteiger partial charge in [0.2, 0.25) is 0 Å². The number of nitriles is 1. The zero-order chi connectivity index (χ0) is 19.1. The Kier molecular flexibility index (Phi) is 6.40. The van der Waals surface area contributed by atoms with Gasteiger partial charge in [-0.25, -0.2) is 0 Å². The molecule has 1 amide bonds. The van der Waals surface area contributed by atoms with Gasteiger partial charge in [-0.05, 0) is 61.7 Å². The van der Waals surface area contributed by atoms with E-state index in [1.807, 2.05) is 45.0 Å². The van der Waals surface area contributed by atoms with Crippen LogP contribution in [0.25, 0.3) is 6.08 Å². The predicted molar refractivity (Wildman–Crippen MR) is 102 cm³/mol. The third kappa shape index (κ3) is 4.42. The highest BCUT2D eigenvalue weighted by atomic mass is 16.5. The van der Waals surface area contributed by atoms with Crippen molar-refractivity contribution >= 4 is 17.7 Å². The van der Waals surface area contributed by atoms with Gasteiger partial charge in [-0.1, -0.05) is 18.2 Å². The summed E-state index contributed by atoms with van der Waals surface area (Å²) in [6, 6.07) is 12.9. The number of amides is 1. The van der Waals surface area contributed by atoms with Crippen molar-refractivity contribution in [2.24, 2.45) is 0 Å². The fraction of sp³-hybridized carbons (Fsp3) is 0.238. The van der Waals surface area contributed by atoms with Crippen LogP contribution in [0.1, 0.15) is 23.6 Å². The van der Waals surface area contributed by atoms with Crippen LogP contribution < -0.4 is 14.8 Å². The van der Waals surface area contributed by atoms with E-state index in [1.54, 1.807) is 25.3 Å². The minimum atomic E-state index is -0.450. The lowest BCUT2D eigenvalue weighted by Gasteiger charge is -2.11. The molecular formula is C21H22N2O3. The normalized spacial score (nSPS) is 10.8. The van der Waals surface area contributed by atoms with Gasteiger partial charge in [0.1, 0.15) is 11.6 Å². The van der Waals surface area contributed by atoms with Gasteiger partial charge in [-0.2, -0.15) is 5.26 Å². The SMILES string of the molecule is CCOc1ccc(/C=C(/C#N)C(=O)Nc2cccc(C)c2C)cc1OC. The Morgan fingerprint density at radius 3 is 2.65 bits per heavy atom. The summed E-state index contributed by atoms with van der Waals surface area (Å²) in [4.78, 5) is 12.5. The maximum Gasteiger partial charge on any atom is 0.266 e. The Bertz CT molecular complexity index is 879. The first-order valence-electron chi connectivity index (χ1n) is 8.30. The third-order valence-electron chi connectivity index (χ3n) is 4.02. The molecule has 0 saturated carbocycles. The van der Waals surface area contributed by atoms with Crippen LogP contribution in [0.4, 0.5) is 5.69 Å². The maximum absolute atomic E-state index is 12.5. The molecule has 26 heavy (non-hydrogen) atoms. The summed E-state index contributed by atoms with van der Waals surface area (Å²) in [5, 5.41) is 12.2. The lowest BCUT2D eigenvalue weighted by atomic mass is 10.1. The molecule has 0 radical (unpaired) electrons. The summed E-state index contributed by atoms with van der Waals surface area (Å²) < 4.78 is 10.8. The molecule has 0 saturated heterocycles. The monoisotopic (exact) mass is 350 g/mol. The van der Waals surface area contributed by atoms with E-state index in [0.717, 1.165) is 11.1 Å². The summed E-state index contributed by atoms with van der Waals surface area (Å²) in [5.74, 6) is 0.715. The summed E-state index contributed by atoms with van der Waals surface area (Å²) in [5.41, 5.74) is 3.43. The van der Waals surface area contributed by atoms with Crippen molar-refractivity contribution in [2.75, 3.05) is 19.0 Å². The van der Waals surface area contributed by atoms with Gasteiger partial charge < -0.3 is 14.8 Å². The van der Waals surface area contributed by atoms with Gasteiger partial charge >= 0.3 is 0 Å². The van der Waals surface area contributed by atoms with E-state index in [4.69, 9.17) is 9.47 Å². The third-order valence-corrected chi connectivity index (χ3v) is 4.02. The van der Waals surface area contributed by atoms with E-state index in [0.29, 0.717) is 29.4 Å². The van der Waals surface area contributed by atoms with Crippen molar-refractivity contribution in [3.8, 4) is 17.6 Å². The van der Waals surface area contributed by atoms with E-state index in [2.05, 4.69) is 5.32 Å². The molecule has 0 spiro atoms. The zero-order valence-electron chi connectivity index (χ0n) is 15.4. The largest absolute Gasteiger partial charge is 0.493 e. The molecule has 2 aromatic carbocycles. The Morgan fingerprint density at radius 1 is 1.23 bits per heavy atom. The molecule has 0 fully saturated rings.